The molecule has 2 N–H and O–H groups in total. The van der Waals surface area contributed by atoms with Gasteiger partial charge in [0, 0.05) is 34.7 Å². The van der Waals surface area contributed by atoms with Gasteiger partial charge < -0.3 is 10.2 Å². The van der Waals surface area contributed by atoms with Gasteiger partial charge >= 0.3 is 0 Å². The van der Waals surface area contributed by atoms with Crippen LogP contribution >= 0.6 is 31.9 Å². The van der Waals surface area contributed by atoms with Crippen molar-refractivity contribution in [2.75, 3.05) is 0 Å². The number of aromatic hydroxyl groups is 2. The first-order chi connectivity index (χ1) is 22.7. The lowest BCUT2D eigenvalue weighted by Gasteiger charge is -2.20. The molecule has 0 aliphatic rings. The largest absolute Gasteiger partial charge is 0.506 e. The summed E-state index contributed by atoms with van der Waals surface area (Å²) >= 11 is 7.10. The first kappa shape index (κ1) is 33.6. The van der Waals surface area contributed by atoms with Gasteiger partial charge in [-0.3, -0.25) is 9.98 Å². The molecule has 0 aromatic heterocycles. The molecule has 0 fully saturated rings. The number of aliphatic imine (C=N–C) groups is 2. The van der Waals surface area contributed by atoms with Crippen molar-refractivity contribution >= 4 is 77.2 Å². The van der Waals surface area contributed by atoms with Crippen molar-refractivity contribution in [2.24, 2.45) is 9.98 Å². The summed E-state index contributed by atoms with van der Waals surface area (Å²) in [5.74, 6) is 0.293. The van der Waals surface area contributed by atoms with Crippen LogP contribution in [-0.4, -0.2) is 22.6 Å². The van der Waals surface area contributed by atoms with Crippen molar-refractivity contribution in [3.05, 3.63) is 128 Å². The van der Waals surface area contributed by atoms with E-state index in [2.05, 4.69) is 110 Å². The Bertz CT molecular complexity index is 2100. The standard InChI is InChI=1S/C42H38Br2N2O2/c1-41(2,3)29-19-27(39(47)33(43)21-29)23-45-35-17-15-25-11-7-9-13-31(25)37(35)38-32-14-10-8-12-26(32)16-18-36(38)46-24-28-20-30(42(4,5)6)22-34(44)40(28)48/h7-24,47-48H,1-6H3. The molecule has 6 heteroatoms. The third kappa shape index (κ3) is 6.69. The minimum Gasteiger partial charge on any atom is -0.506 e. The molecule has 4 nitrogen and oxygen atoms in total. The summed E-state index contributed by atoms with van der Waals surface area (Å²) in [6, 6.07) is 32.7. The van der Waals surface area contributed by atoms with E-state index in [9.17, 15) is 10.2 Å². The molecule has 6 aromatic carbocycles. The number of hydrogen-bond acceptors (Lipinski definition) is 4. The molecule has 0 spiro atoms. The van der Waals surface area contributed by atoms with E-state index < -0.39 is 0 Å². The fraction of sp³-hybridized carbons (Fsp3) is 0.190. The van der Waals surface area contributed by atoms with Gasteiger partial charge in [-0.15, -0.1) is 0 Å². The van der Waals surface area contributed by atoms with E-state index in [4.69, 9.17) is 9.98 Å². The number of phenols is 2. The lowest BCUT2D eigenvalue weighted by atomic mass is 9.86. The molecule has 0 heterocycles. The number of fused-ring (bicyclic) bond motifs is 2. The third-order valence-electron chi connectivity index (χ3n) is 8.67. The Labute approximate surface area is 299 Å². The molecule has 0 aliphatic heterocycles. The van der Waals surface area contributed by atoms with Gasteiger partial charge in [0.2, 0.25) is 0 Å². The summed E-state index contributed by atoms with van der Waals surface area (Å²) in [4.78, 5) is 10.1. The van der Waals surface area contributed by atoms with Crippen LogP contribution in [0.5, 0.6) is 11.5 Å². The van der Waals surface area contributed by atoms with Gasteiger partial charge in [-0.2, -0.15) is 0 Å². The summed E-state index contributed by atoms with van der Waals surface area (Å²) in [5.41, 5.74) is 6.58. The Kier molecular flexibility index (Phi) is 9.10. The van der Waals surface area contributed by atoms with Gasteiger partial charge in [-0.25, -0.2) is 0 Å². The van der Waals surface area contributed by atoms with E-state index in [0.29, 0.717) is 20.1 Å². The molecule has 6 aromatic rings. The smallest absolute Gasteiger partial charge is 0.138 e. The Morgan fingerprint density at radius 3 is 1.27 bits per heavy atom. The lowest BCUT2D eigenvalue weighted by Crippen LogP contribution is -2.11. The maximum Gasteiger partial charge on any atom is 0.138 e. The molecule has 6 rings (SSSR count). The second-order valence-electron chi connectivity index (χ2n) is 14.2. The van der Waals surface area contributed by atoms with Gasteiger partial charge in [0.05, 0.1) is 20.3 Å². The van der Waals surface area contributed by atoms with Crippen LogP contribution in [0.2, 0.25) is 0 Å². The Balaban J connectivity index is 1.60. The Hall–Kier alpha value is -4.26. The van der Waals surface area contributed by atoms with E-state index in [1.54, 1.807) is 12.4 Å². The van der Waals surface area contributed by atoms with Gasteiger partial charge in [0.1, 0.15) is 11.5 Å². The number of nitrogens with zero attached hydrogens (tertiary/aromatic N) is 2. The van der Waals surface area contributed by atoms with E-state index in [1.807, 2.05) is 60.7 Å². The van der Waals surface area contributed by atoms with Crippen LogP contribution in [0.15, 0.2) is 116 Å². The molecule has 0 saturated heterocycles. The zero-order chi connectivity index (χ0) is 34.4. The number of phenolic OH excluding ortho intramolecular Hbond substituents is 2. The zero-order valence-electron chi connectivity index (χ0n) is 27.9. The van der Waals surface area contributed by atoms with Crippen LogP contribution in [0, 0.1) is 0 Å². The van der Waals surface area contributed by atoms with Gasteiger partial charge in [-0.05, 0) is 112 Å². The molecule has 0 radical (unpaired) electrons. The normalized spacial score (nSPS) is 12.6. The SMILES string of the molecule is CC(C)(C)c1cc(Br)c(O)c(C=Nc2ccc3ccccc3c2-c2c(N=Cc3cc(C(C)(C)C)cc(Br)c3O)ccc3ccccc23)c1. The average molecular weight is 763 g/mol. The highest BCUT2D eigenvalue weighted by molar-refractivity contribution is 9.11. The maximum atomic E-state index is 11.0. The summed E-state index contributed by atoms with van der Waals surface area (Å²) in [5, 5.41) is 26.3. The first-order valence-electron chi connectivity index (χ1n) is 15.9. The molecule has 0 aliphatic carbocycles. The van der Waals surface area contributed by atoms with Gasteiger partial charge in [-0.1, -0.05) is 102 Å². The molecule has 0 amide bonds. The summed E-state index contributed by atoms with van der Waals surface area (Å²) in [7, 11) is 0. The lowest BCUT2D eigenvalue weighted by molar-refractivity contribution is 0.469. The van der Waals surface area contributed by atoms with E-state index >= 15 is 0 Å². The quantitative estimate of drug-likeness (QED) is 0.172. The summed E-state index contributed by atoms with van der Waals surface area (Å²) in [6.45, 7) is 12.9. The summed E-state index contributed by atoms with van der Waals surface area (Å²) < 4.78 is 1.26. The monoisotopic (exact) mass is 760 g/mol. The minimum atomic E-state index is -0.112. The number of rotatable bonds is 5. The van der Waals surface area contributed by atoms with Crippen molar-refractivity contribution < 1.29 is 10.2 Å². The molecule has 0 saturated carbocycles. The number of hydrogen-bond donors (Lipinski definition) is 2. The average Bonchev–Trinajstić information content (AvgIpc) is 3.04. The van der Waals surface area contributed by atoms with Gasteiger partial charge in [0.15, 0.2) is 0 Å². The van der Waals surface area contributed by atoms with Crippen LogP contribution in [0.1, 0.15) is 63.8 Å². The van der Waals surface area contributed by atoms with Crippen molar-refractivity contribution in [3.63, 3.8) is 0 Å². The van der Waals surface area contributed by atoms with Crippen molar-refractivity contribution in [2.45, 2.75) is 52.4 Å². The van der Waals surface area contributed by atoms with Gasteiger partial charge in [0.25, 0.3) is 0 Å². The van der Waals surface area contributed by atoms with Crippen molar-refractivity contribution in [1.82, 2.24) is 0 Å². The molecular weight excluding hydrogens is 724 g/mol. The van der Waals surface area contributed by atoms with Crippen LogP contribution in [0.25, 0.3) is 32.7 Å². The highest BCUT2D eigenvalue weighted by atomic mass is 79.9. The Morgan fingerprint density at radius 2 is 0.896 bits per heavy atom. The maximum absolute atomic E-state index is 11.0. The van der Waals surface area contributed by atoms with Crippen LogP contribution in [0.4, 0.5) is 11.4 Å². The predicted octanol–water partition coefficient (Wildman–Crippen LogP) is 12.7. The van der Waals surface area contributed by atoms with E-state index in [-0.39, 0.29) is 22.3 Å². The van der Waals surface area contributed by atoms with Crippen molar-refractivity contribution in [1.29, 1.82) is 0 Å². The minimum absolute atomic E-state index is 0.112. The molecule has 48 heavy (non-hydrogen) atoms. The fourth-order valence-corrected chi connectivity index (χ4v) is 6.79. The highest BCUT2D eigenvalue weighted by Gasteiger charge is 2.21. The van der Waals surface area contributed by atoms with Crippen LogP contribution < -0.4 is 0 Å². The summed E-state index contributed by atoms with van der Waals surface area (Å²) in [6.07, 6.45) is 3.48. The predicted molar refractivity (Wildman–Crippen MR) is 210 cm³/mol. The highest BCUT2D eigenvalue weighted by Crippen LogP contribution is 2.46. The molecular formula is C42H38Br2N2O2. The second-order valence-corrected chi connectivity index (χ2v) is 15.9. The number of benzene rings is 6. The fourth-order valence-electron chi connectivity index (χ4n) is 5.84. The van der Waals surface area contributed by atoms with Crippen LogP contribution in [0.3, 0.4) is 0 Å². The number of halogens is 2. The second kappa shape index (κ2) is 13.0. The molecule has 0 unspecified atom stereocenters. The topological polar surface area (TPSA) is 65.2 Å². The zero-order valence-corrected chi connectivity index (χ0v) is 31.1. The molecule has 242 valence electrons. The van der Waals surface area contributed by atoms with E-state index in [0.717, 1.165) is 55.2 Å². The van der Waals surface area contributed by atoms with Crippen LogP contribution in [-0.2, 0) is 10.8 Å². The van der Waals surface area contributed by atoms with Crippen molar-refractivity contribution in [3.8, 4) is 22.6 Å². The molecule has 0 bridgehead atoms. The first-order valence-corrected chi connectivity index (χ1v) is 17.5. The van der Waals surface area contributed by atoms with E-state index in [1.165, 1.54) is 0 Å². The third-order valence-corrected chi connectivity index (χ3v) is 9.88. The Morgan fingerprint density at radius 1 is 0.521 bits per heavy atom. The molecule has 0 atom stereocenters.